The van der Waals surface area contributed by atoms with Crippen molar-refractivity contribution in [3.8, 4) is 0 Å². The lowest BCUT2D eigenvalue weighted by molar-refractivity contribution is 0.213. The van der Waals surface area contributed by atoms with E-state index in [1.807, 2.05) is 0 Å². The van der Waals surface area contributed by atoms with Gasteiger partial charge in [0.2, 0.25) is 0 Å². The Morgan fingerprint density at radius 2 is 2.14 bits per heavy atom. The highest BCUT2D eigenvalue weighted by Gasteiger charge is 2.24. The lowest BCUT2D eigenvalue weighted by atomic mass is 10.2. The van der Waals surface area contributed by atoms with Crippen LogP contribution >= 0.6 is 11.8 Å². The predicted molar refractivity (Wildman–Crippen MR) is 66.1 cm³/mol. The third-order valence-corrected chi connectivity index (χ3v) is 4.36. The Hall–Kier alpha value is 0.270. The van der Waals surface area contributed by atoms with Crippen molar-refractivity contribution in [3.63, 3.8) is 0 Å². The molecule has 1 heterocycles. The molecule has 0 aromatic heterocycles. The average molecular weight is 216 g/mol. The lowest BCUT2D eigenvalue weighted by Gasteiger charge is -2.37. The third kappa shape index (κ3) is 3.79. The Morgan fingerprint density at radius 1 is 1.36 bits per heavy atom. The summed E-state index contributed by atoms with van der Waals surface area (Å²) in [6, 6.07) is 0.747. The predicted octanol–water partition coefficient (Wildman–Crippen LogP) is 1.81. The summed E-state index contributed by atoms with van der Waals surface area (Å²) in [7, 11) is 0. The van der Waals surface area contributed by atoms with Crippen LogP contribution in [0, 0.1) is 0 Å². The van der Waals surface area contributed by atoms with Gasteiger partial charge in [-0.3, -0.25) is 4.90 Å². The fourth-order valence-corrected chi connectivity index (χ4v) is 3.00. The van der Waals surface area contributed by atoms with Gasteiger partial charge in [-0.15, -0.1) is 0 Å². The van der Waals surface area contributed by atoms with Crippen LogP contribution in [0.5, 0.6) is 0 Å². The minimum Gasteiger partial charge on any atom is -0.315 e. The van der Waals surface area contributed by atoms with Gasteiger partial charge in [-0.25, -0.2) is 0 Å². The van der Waals surface area contributed by atoms with Crippen LogP contribution in [-0.4, -0.2) is 48.1 Å². The Kier molecular flexibility index (Phi) is 5.90. The lowest BCUT2D eigenvalue weighted by Crippen LogP contribution is -2.47. The maximum Gasteiger partial charge on any atom is 0.0184 e. The van der Waals surface area contributed by atoms with Crippen LogP contribution in [0.15, 0.2) is 0 Å². The van der Waals surface area contributed by atoms with Gasteiger partial charge in [0.05, 0.1) is 0 Å². The molecule has 1 aliphatic rings. The minimum atomic E-state index is 0.747. The van der Waals surface area contributed by atoms with E-state index in [1.165, 1.54) is 25.3 Å². The molecular weight excluding hydrogens is 192 g/mol. The molecule has 2 atom stereocenters. The summed E-state index contributed by atoms with van der Waals surface area (Å²) in [6.07, 6.45) is 1.24. The summed E-state index contributed by atoms with van der Waals surface area (Å²) in [5.74, 6) is 1.30. The molecule has 14 heavy (non-hydrogen) atoms. The second kappa shape index (κ2) is 6.70. The summed E-state index contributed by atoms with van der Waals surface area (Å²) in [5, 5.41) is 4.27. The van der Waals surface area contributed by atoms with Crippen molar-refractivity contribution in [1.29, 1.82) is 0 Å². The Labute approximate surface area is 92.8 Å². The maximum atomic E-state index is 3.47. The van der Waals surface area contributed by atoms with E-state index in [0.29, 0.717) is 0 Å². The normalized spacial score (nSPS) is 29.4. The fraction of sp³-hybridized carbons (Fsp3) is 1.00. The molecule has 1 saturated heterocycles. The van der Waals surface area contributed by atoms with Crippen molar-refractivity contribution >= 4 is 11.8 Å². The standard InChI is InChI=1S/C11H24N2S/c1-4-5-12-6-7-13-8-9-14-11(3)10(13)2/h10-12H,4-9H2,1-3H3. The first-order chi connectivity index (χ1) is 6.75. The van der Waals surface area contributed by atoms with Crippen LogP contribution in [0.1, 0.15) is 27.2 Å². The Balaban J connectivity index is 2.15. The van der Waals surface area contributed by atoms with E-state index in [-0.39, 0.29) is 0 Å². The molecule has 1 fully saturated rings. The summed E-state index contributed by atoms with van der Waals surface area (Å²) in [4.78, 5) is 2.61. The summed E-state index contributed by atoms with van der Waals surface area (Å²) >= 11 is 2.11. The summed E-state index contributed by atoms with van der Waals surface area (Å²) in [6.45, 7) is 11.7. The first-order valence-electron chi connectivity index (χ1n) is 5.82. The number of nitrogens with zero attached hydrogens (tertiary/aromatic N) is 1. The van der Waals surface area contributed by atoms with Gasteiger partial charge in [0.25, 0.3) is 0 Å². The molecule has 0 saturated carbocycles. The van der Waals surface area contributed by atoms with Gasteiger partial charge in [-0.05, 0) is 19.9 Å². The molecule has 1 N–H and O–H groups in total. The van der Waals surface area contributed by atoms with Crippen LogP contribution in [0.4, 0.5) is 0 Å². The Bertz CT molecular complexity index is 152. The molecule has 0 aromatic rings. The van der Waals surface area contributed by atoms with Crippen molar-refractivity contribution in [2.45, 2.75) is 38.5 Å². The van der Waals surface area contributed by atoms with Crippen molar-refractivity contribution in [3.05, 3.63) is 0 Å². The van der Waals surface area contributed by atoms with E-state index < -0.39 is 0 Å². The van der Waals surface area contributed by atoms with Crippen molar-refractivity contribution in [2.75, 3.05) is 31.9 Å². The molecule has 0 aliphatic carbocycles. The third-order valence-electron chi connectivity index (χ3n) is 3.02. The molecular formula is C11H24N2S. The van der Waals surface area contributed by atoms with E-state index in [0.717, 1.165) is 24.4 Å². The molecule has 0 amide bonds. The van der Waals surface area contributed by atoms with E-state index >= 15 is 0 Å². The smallest absolute Gasteiger partial charge is 0.0184 e. The molecule has 2 unspecified atom stereocenters. The zero-order valence-electron chi connectivity index (χ0n) is 9.75. The van der Waals surface area contributed by atoms with Gasteiger partial charge in [0.15, 0.2) is 0 Å². The second-order valence-electron chi connectivity index (χ2n) is 4.10. The molecule has 2 nitrogen and oxygen atoms in total. The van der Waals surface area contributed by atoms with Crippen LogP contribution in [0.3, 0.4) is 0 Å². The SMILES string of the molecule is CCCNCCN1CCSC(C)C1C. The van der Waals surface area contributed by atoms with Crippen LogP contribution in [-0.2, 0) is 0 Å². The quantitative estimate of drug-likeness (QED) is 0.706. The van der Waals surface area contributed by atoms with Gasteiger partial charge in [0, 0.05) is 36.7 Å². The van der Waals surface area contributed by atoms with E-state index in [4.69, 9.17) is 0 Å². The molecule has 0 spiro atoms. The largest absolute Gasteiger partial charge is 0.315 e. The minimum absolute atomic E-state index is 0.747. The number of hydrogen-bond donors (Lipinski definition) is 1. The molecule has 0 bridgehead atoms. The zero-order valence-corrected chi connectivity index (χ0v) is 10.6. The summed E-state index contributed by atoms with van der Waals surface area (Å²) in [5.41, 5.74) is 0. The van der Waals surface area contributed by atoms with Crippen molar-refractivity contribution in [2.24, 2.45) is 0 Å². The molecule has 84 valence electrons. The number of nitrogens with one attached hydrogen (secondary N) is 1. The van der Waals surface area contributed by atoms with Gasteiger partial charge in [0.1, 0.15) is 0 Å². The highest BCUT2D eigenvalue weighted by molar-refractivity contribution is 8.00. The zero-order chi connectivity index (χ0) is 10.4. The van der Waals surface area contributed by atoms with Crippen LogP contribution < -0.4 is 5.32 Å². The monoisotopic (exact) mass is 216 g/mol. The van der Waals surface area contributed by atoms with Gasteiger partial charge in [-0.1, -0.05) is 13.8 Å². The second-order valence-corrected chi connectivity index (χ2v) is 5.59. The van der Waals surface area contributed by atoms with Crippen LogP contribution in [0.2, 0.25) is 0 Å². The number of thioether (sulfide) groups is 1. The van der Waals surface area contributed by atoms with Crippen LogP contribution in [0.25, 0.3) is 0 Å². The first kappa shape index (κ1) is 12.3. The van der Waals surface area contributed by atoms with E-state index in [1.54, 1.807) is 0 Å². The van der Waals surface area contributed by atoms with Crippen molar-refractivity contribution < 1.29 is 0 Å². The average Bonchev–Trinajstić information content (AvgIpc) is 2.19. The van der Waals surface area contributed by atoms with Gasteiger partial charge < -0.3 is 5.32 Å². The first-order valence-corrected chi connectivity index (χ1v) is 6.87. The fourth-order valence-electron chi connectivity index (χ4n) is 1.84. The molecule has 3 heteroatoms. The molecule has 0 radical (unpaired) electrons. The van der Waals surface area contributed by atoms with E-state index in [2.05, 4.69) is 42.7 Å². The maximum absolute atomic E-state index is 3.47. The number of hydrogen-bond acceptors (Lipinski definition) is 3. The van der Waals surface area contributed by atoms with Gasteiger partial charge in [-0.2, -0.15) is 11.8 Å². The number of rotatable bonds is 5. The molecule has 1 rings (SSSR count). The topological polar surface area (TPSA) is 15.3 Å². The van der Waals surface area contributed by atoms with E-state index in [9.17, 15) is 0 Å². The highest BCUT2D eigenvalue weighted by Crippen LogP contribution is 2.23. The Morgan fingerprint density at radius 3 is 2.86 bits per heavy atom. The molecule has 1 aliphatic heterocycles. The molecule has 0 aromatic carbocycles. The highest BCUT2D eigenvalue weighted by atomic mass is 32.2. The van der Waals surface area contributed by atoms with Crippen molar-refractivity contribution in [1.82, 2.24) is 10.2 Å². The van der Waals surface area contributed by atoms with Gasteiger partial charge >= 0.3 is 0 Å². The summed E-state index contributed by atoms with van der Waals surface area (Å²) < 4.78 is 0.